The molecule has 0 aliphatic carbocycles. The highest BCUT2D eigenvalue weighted by molar-refractivity contribution is 6.00. The standard InChI is InChI=1S/C23H26N6O/c1-3-30-19-9-8-15-11-17(7-6-16(15)12-19)21-20-22(24)25-14-26-23(20)29(27-21)13-18-5-4-10-28(18)2/h6-9,11-12,14,18H,3-5,10,13H2,1-2H3,(H2,24,25,26)/t18-/m1/s1. The van der Waals surface area contributed by atoms with E-state index in [2.05, 4.69) is 52.2 Å². The van der Waals surface area contributed by atoms with Gasteiger partial charge in [0.2, 0.25) is 0 Å². The molecule has 0 bridgehead atoms. The molecule has 0 saturated carbocycles. The van der Waals surface area contributed by atoms with Crippen molar-refractivity contribution in [3.8, 4) is 17.0 Å². The highest BCUT2D eigenvalue weighted by Crippen LogP contribution is 2.33. The summed E-state index contributed by atoms with van der Waals surface area (Å²) >= 11 is 0. The number of hydrogen-bond donors (Lipinski definition) is 1. The SMILES string of the molecule is CCOc1ccc2cc(-c3nn(C[C@H]4CCCN4C)c4ncnc(N)c34)ccc2c1. The first kappa shape index (κ1) is 18.8. The third-order valence-corrected chi connectivity index (χ3v) is 6.01. The van der Waals surface area contributed by atoms with Gasteiger partial charge in [-0.2, -0.15) is 5.10 Å². The van der Waals surface area contributed by atoms with Crippen LogP contribution in [0.1, 0.15) is 19.8 Å². The second kappa shape index (κ2) is 7.57. The number of nitrogen functional groups attached to an aromatic ring is 1. The van der Waals surface area contributed by atoms with Gasteiger partial charge in [0.25, 0.3) is 0 Å². The molecular weight excluding hydrogens is 376 g/mol. The number of nitrogens with two attached hydrogens (primary N) is 1. The van der Waals surface area contributed by atoms with Gasteiger partial charge in [-0.15, -0.1) is 0 Å². The summed E-state index contributed by atoms with van der Waals surface area (Å²) in [5.41, 5.74) is 8.92. The van der Waals surface area contributed by atoms with E-state index in [4.69, 9.17) is 15.6 Å². The second-order valence-corrected chi connectivity index (χ2v) is 7.92. The van der Waals surface area contributed by atoms with Crippen molar-refractivity contribution in [2.24, 2.45) is 0 Å². The third-order valence-electron chi connectivity index (χ3n) is 6.01. The summed E-state index contributed by atoms with van der Waals surface area (Å²) in [6.45, 7) is 4.57. The molecule has 1 saturated heterocycles. The Morgan fingerprint density at radius 3 is 2.77 bits per heavy atom. The van der Waals surface area contributed by atoms with Crippen LogP contribution in [0.2, 0.25) is 0 Å². The Morgan fingerprint density at radius 1 is 1.13 bits per heavy atom. The first-order valence-corrected chi connectivity index (χ1v) is 10.5. The minimum atomic E-state index is 0.464. The van der Waals surface area contributed by atoms with Crippen molar-refractivity contribution in [3.63, 3.8) is 0 Å². The molecule has 4 aromatic rings. The van der Waals surface area contributed by atoms with Crippen LogP contribution in [0.25, 0.3) is 33.1 Å². The Morgan fingerprint density at radius 2 is 1.97 bits per heavy atom. The summed E-state index contributed by atoms with van der Waals surface area (Å²) < 4.78 is 7.62. The summed E-state index contributed by atoms with van der Waals surface area (Å²) in [5, 5.41) is 8.04. The van der Waals surface area contributed by atoms with Gasteiger partial charge in [-0.25, -0.2) is 14.6 Å². The third kappa shape index (κ3) is 3.25. The van der Waals surface area contributed by atoms with Crippen molar-refractivity contribution in [2.75, 3.05) is 25.9 Å². The molecule has 3 heterocycles. The van der Waals surface area contributed by atoms with Crippen molar-refractivity contribution in [1.82, 2.24) is 24.6 Å². The fourth-order valence-corrected chi connectivity index (χ4v) is 4.40. The maximum absolute atomic E-state index is 6.28. The van der Waals surface area contributed by atoms with Gasteiger partial charge < -0.3 is 15.4 Å². The fraction of sp³-hybridized carbons (Fsp3) is 0.348. The molecule has 0 amide bonds. The Balaban J connectivity index is 1.60. The van der Waals surface area contributed by atoms with Gasteiger partial charge in [-0.05, 0) is 62.3 Å². The molecule has 30 heavy (non-hydrogen) atoms. The summed E-state index contributed by atoms with van der Waals surface area (Å²) in [6, 6.07) is 12.9. The Labute approximate surface area is 175 Å². The van der Waals surface area contributed by atoms with Gasteiger partial charge in [-0.3, -0.25) is 0 Å². The van der Waals surface area contributed by atoms with Crippen LogP contribution < -0.4 is 10.5 Å². The first-order chi connectivity index (χ1) is 14.6. The van der Waals surface area contributed by atoms with Crippen LogP contribution >= 0.6 is 0 Å². The van der Waals surface area contributed by atoms with Crippen LogP contribution in [-0.2, 0) is 6.54 Å². The predicted molar refractivity (Wildman–Crippen MR) is 119 cm³/mol. The van der Waals surface area contributed by atoms with Crippen molar-refractivity contribution >= 4 is 27.6 Å². The number of anilines is 1. The number of aromatic nitrogens is 4. The maximum atomic E-state index is 6.28. The molecule has 7 nitrogen and oxygen atoms in total. The zero-order valence-corrected chi connectivity index (χ0v) is 17.4. The van der Waals surface area contributed by atoms with Crippen LogP contribution in [0.5, 0.6) is 5.75 Å². The normalized spacial score (nSPS) is 17.2. The van der Waals surface area contributed by atoms with E-state index >= 15 is 0 Å². The molecule has 1 aliphatic heterocycles. The highest BCUT2D eigenvalue weighted by Gasteiger charge is 2.24. The molecule has 1 fully saturated rings. The number of fused-ring (bicyclic) bond motifs is 2. The first-order valence-electron chi connectivity index (χ1n) is 10.5. The second-order valence-electron chi connectivity index (χ2n) is 7.92. The molecule has 2 aromatic carbocycles. The lowest BCUT2D eigenvalue weighted by Crippen LogP contribution is -2.29. The van der Waals surface area contributed by atoms with E-state index in [1.54, 1.807) is 0 Å². The molecule has 0 radical (unpaired) electrons. The van der Waals surface area contributed by atoms with Gasteiger partial charge in [0.15, 0.2) is 5.65 Å². The number of benzene rings is 2. The average molecular weight is 403 g/mol. The number of rotatable bonds is 5. The molecule has 1 atom stereocenters. The largest absolute Gasteiger partial charge is 0.494 e. The molecule has 7 heteroatoms. The lowest BCUT2D eigenvalue weighted by atomic mass is 10.0. The number of nitrogens with zero attached hydrogens (tertiary/aromatic N) is 5. The van der Waals surface area contributed by atoms with Crippen LogP contribution in [0.4, 0.5) is 5.82 Å². The van der Waals surface area contributed by atoms with Gasteiger partial charge in [0.1, 0.15) is 23.6 Å². The molecule has 0 unspecified atom stereocenters. The van der Waals surface area contributed by atoms with Crippen molar-refractivity contribution in [3.05, 3.63) is 42.7 Å². The Hall–Kier alpha value is -3.19. The molecule has 154 valence electrons. The maximum Gasteiger partial charge on any atom is 0.164 e. The molecule has 0 spiro atoms. The van der Waals surface area contributed by atoms with E-state index in [-0.39, 0.29) is 0 Å². The zero-order chi connectivity index (χ0) is 20.7. The van der Waals surface area contributed by atoms with Crippen LogP contribution in [0, 0.1) is 0 Å². The molecule has 1 aliphatic rings. The van der Waals surface area contributed by atoms with Crippen molar-refractivity contribution in [1.29, 1.82) is 0 Å². The lowest BCUT2D eigenvalue weighted by Gasteiger charge is -2.19. The van der Waals surface area contributed by atoms with Crippen LogP contribution in [0.15, 0.2) is 42.7 Å². The molecule has 2 aromatic heterocycles. The topological polar surface area (TPSA) is 82.1 Å². The average Bonchev–Trinajstić information content (AvgIpc) is 3.33. The lowest BCUT2D eigenvalue weighted by molar-refractivity contribution is 0.277. The van der Waals surface area contributed by atoms with Gasteiger partial charge in [0, 0.05) is 11.6 Å². The number of likely N-dealkylation sites (N-methyl/N-ethyl adjacent to an activating group) is 1. The Kier molecular flexibility index (Phi) is 4.75. The van der Waals surface area contributed by atoms with E-state index in [1.165, 1.54) is 19.2 Å². The summed E-state index contributed by atoms with van der Waals surface area (Å²) in [4.78, 5) is 11.2. The Bertz CT molecular complexity index is 1220. The predicted octanol–water partition coefficient (Wildman–Crippen LogP) is 3.72. The highest BCUT2D eigenvalue weighted by atomic mass is 16.5. The van der Waals surface area contributed by atoms with Crippen molar-refractivity contribution in [2.45, 2.75) is 32.4 Å². The van der Waals surface area contributed by atoms with E-state index in [1.807, 2.05) is 17.7 Å². The minimum Gasteiger partial charge on any atom is -0.494 e. The van der Waals surface area contributed by atoms with Gasteiger partial charge in [0.05, 0.1) is 18.5 Å². The summed E-state index contributed by atoms with van der Waals surface area (Å²) in [5.74, 6) is 1.35. The monoisotopic (exact) mass is 402 g/mol. The van der Waals surface area contributed by atoms with E-state index in [0.29, 0.717) is 18.5 Å². The summed E-state index contributed by atoms with van der Waals surface area (Å²) in [6.07, 6.45) is 3.91. The number of likely N-dealkylation sites (tertiary alicyclic amines) is 1. The summed E-state index contributed by atoms with van der Waals surface area (Å²) in [7, 11) is 2.17. The van der Waals surface area contributed by atoms with Crippen molar-refractivity contribution < 1.29 is 4.74 Å². The quantitative estimate of drug-likeness (QED) is 0.548. The minimum absolute atomic E-state index is 0.464. The van der Waals surface area contributed by atoms with Crippen LogP contribution in [0.3, 0.4) is 0 Å². The van der Waals surface area contributed by atoms with Gasteiger partial charge >= 0.3 is 0 Å². The fourth-order valence-electron chi connectivity index (χ4n) is 4.40. The number of hydrogen-bond acceptors (Lipinski definition) is 6. The van der Waals surface area contributed by atoms with Gasteiger partial charge in [-0.1, -0.05) is 18.2 Å². The molecule has 5 rings (SSSR count). The molecular formula is C23H26N6O. The van der Waals surface area contributed by atoms with E-state index < -0.39 is 0 Å². The van der Waals surface area contributed by atoms with Crippen LogP contribution in [-0.4, -0.2) is 50.9 Å². The van der Waals surface area contributed by atoms with E-state index in [9.17, 15) is 0 Å². The van der Waals surface area contributed by atoms with E-state index in [0.717, 1.165) is 51.9 Å². The zero-order valence-electron chi connectivity index (χ0n) is 17.4. The molecule has 2 N–H and O–H groups in total. The number of ether oxygens (including phenoxy) is 1. The smallest absolute Gasteiger partial charge is 0.164 e.